The number of halogens is 4. The second kappa shape index (κ2) is 8.07. The summed E-state index contributed by atoms with van der Waals surface area (Å²) in [6.07, 6.45) is -2.41. The fourth-order valence-corrected chi connectivity index (χ4v) is 4.06. The molecule has 0 spiro atoms. The molecule has 1 aromatic heterocycles. The first-order valence-electron chi connectivity index (χ1n) is 9.14. The van der Waals surface area contributed by atoms with Crippen molar-refractivity contribution in [1.29, 1.82) is 0 Å². The number of benzene rings is 3. The van der Waals surface area contributed by atoms with Crippen molar-refractivity contribution in [3.8, 4) is 22.9 Å². The van der Waals surface area contributed by atoms with Crippen molar-refractivity contribution < 1.29 is 26.3 Å². The van der Waals surface area contributed by atoms with Crippen molar-refractivity contribution in [2.45, 2.75) is 11.1 Å². The van der Waals surface area contributed by atoms with Crippen LogP contribution in [0, 0.1) is 0 Å². The van der Waals surface area contributed by atoms with Gasteiger partial charge in [-0.05, 0) is 30.3 Å². The zero-order chi connectivity index (χ0) is 23.1. The predicted molar refractivity (Wildman–Crippen MR) is 115 cm³/mol. The number of alkyl halides is 3. The Labute approximate surface area is 186 Å². The normalized spacial score (nSPS) is 12.2. The number of ether oxygens (including phenoxy) is 1. The number of aromatic nitrogens is 2. The third kappa shape index (κ3) is 4.39. The molecule has 0 N–H and O–H groups in total. The molecule has 0 radical (unpaired) electrons. The fourth-order valence-electron chi connectivity index (χ4n) is 3.07. The lowest BCUT2D eigenvalue weighted by molar-refractivity contribution is -0.136. The Morgan fingerprint density at radius 1 is 1.00 bits per heavy atom. The number of rotatable bonds is 4. The van der Waals surface area contributed by atoms with Gasteiger partial charge in [0.2, 0.25) is 0 Å². The van der Waals surface area contributed by atoms with E-state index in [1.807, 2.05) is 0 Å². The summed E-state index contributed by atoms with van der Waals surface area (Å²) in [5.74, 6) is 0.251. The molecule has 0 aliphatic rings. The van der Waals surface area contributed by atoms with Gasteiger partial charge in [0.1, 0.15) is 5.75 Å². The lowest BCUT2D eigenvalue weighted by Crippen LogP contribution is -2.07. The summed E-state index contributed by atoms with van der Waals surface area (Å²) >= 11 is 6.34. The highest BCUT2D eigenvalue weighted by atomic mass is 35.5. The van der Waals surface area contributed by atoms with Gasteiger partial charge in [-0.3, -0.25) is 0 Å². The molecule has 0 saturated heterocycles. The average molecular weight is 479 g/mol. The Morgan fingerprint density at radius 2 is 1.72 bits per heavy atom. The van der Waals surface area contributed by atoms with E-state index in [-0.39, 0.29) is 38.0 Å². The number of fused-ring (bicyclic) bond motifs is 1. The van der Waals surface area contributed by atoms with E-state index in [1.54, 1.807) is 30.3 Å². The molecule has 10 heteroatoms. The van der Waals surface area contributed by atoms with E-state index in [0.717, 1.165) is 12.3 Å². The van der Waals surface area contributed by atoms with Gasteiger partial charge >= 0.3 is 6.18 Å². The van der Waals surface area contributed by atoms with Crippen LogP contribution in [-0.2, 0) is 16.0 Å². The minimum Gasteiger partial charge on any atom is -0.455 e. The molecule has 0 amide bonds. The van der Waals surface area contributed by atoms with E-state index in [0.29, 0.717) is 5.75 Å². The summed E-state index contributed by atoms with van der Waals surface area (Å²) in [7, 11) is -3.69. The first kappa shape index (κ1) is 22.0. The van der Waals surface area contributed by atoms with Gasteiger partial charge in [-0.25, -0.2) is 18.4 Å². The summed E-state index contributed by atoms with van der Waals surface area (Å²) in [6.45, 7) is 0. The van der Waals surface area contributed by atoms with Gasteiger partial charge in [-0.15, -0.1) is 0 Å². The van der Waals surface area contributed by atoms with E-state index in [4.69, 9.17) is 16.3 Å². The van der Waals surface area contributed by atoms with Crippen LogP contribution >= 0.6 is 11.6 Å². The summed E-state index contributed by atoms with van der Waals surface area (Å²) < 4.78 is 70.7. The van der Waals surface area contributed by atoms with Crippen molar-refractivity contribution in [2.75, 3.05) is 6.26 Å². The van der Waals surface area contributed by atoms with Crippen LogP contribution in [0.2, 0.25) is 5.02 Å². The number of hydrogen-bond donors (Lipinski definition) is 0. The van der Waals surface area contributed by atoms with Gasteiger partial charge in [0.15, 0.2) is 21.4 Å². The van der Waals surface area contributed by atoms with Crippen LogP contribution < -0.4 is 4.74 Å². The van der Waals surface area contributed by atoms with E-state index in [9.17, 15) is 21.6 Å². The van der Waals surface area contributed by atoms with Crippen molar-refractivity contribution in [3.05, 3.63) is 77.4 Å². The van der Waals surface area contributed by atoms with Crippen LogP contribution in [0.1, 0.15) is 5.56 Å². The maximum Gasteiger partial charge on any atom is 0.418 e. The number of sulfone groups is 1. The number of hydrogen-bond acceptors (Lipinski definition) is 5. The van der Waals surface area contributed by atoms with Gasteiger partial charge in [0.05, 0.1) is 26.6 Å². The van der Waals surface area contributed by atoms with Crippen molar-refractivity contribution >= 4 is 32.3 Å². The first-order chi connectivity index (χ1) is 15.0. The van der Waals surface area contributed by atoms with Gasteiger partial charge in [0.25, 0.3) is 0 Å². The second-order valence-corrected chi connectivity index (χ2v) is 9.33. The molecule has 4 aromatic rings. The lowest BCUT2D eigenvalue weighted by atomic mass is 10.1. The molecule has 3 aromatic carbocycles. The molecular weight excluding hydrogens is 465 g/mol. The molecular formula is C22H14ClF3N2O3S. The fraction of sp³-hybridized carbons (Fsp3) is 0.0909. The van der Waals surface area contributed by atoms with Crippen LogP contribution in [0.3, 0.4) is 0 Å². The molecule has 0 aliphatic carbocycles. The molecule has 164 valence electrons. The van der Waals surface area contributed by atoms with Crippen molar-refractivity contribution in [1.82, 2.24) is 9.97 Å². The Balaban J connectivity index is 1.99. The molecule has 0 aliphatic heterocycles. The smallest absolute Gasteiger partial charge is 0.418 e. The number of nitrogens with zero attached hydrogens (tertiary/aromatic N) is 2. The lowest BCUT2D eigenvalue weighted by Gasteiger charge is -2.15. The van der Waals surface area contributed by atoms with E-state index in [1.165, 1.54) is 30.5 Å². The molecule has 0 fully saturated rings. The molecule has 5 nitrogen and oxygen atoms in total. The zero-order valence-electron chi connectivity index (χ0n) is 16.4. The van der Waals surface area contributed by atoms with Crippen LogP contribution in [0.15, 0.2) is 71.8 Å². The Bertz CT molecular complexity index is 1430. The van der Waals surface area contributed by atoms with E-state index < -0.39 is 21.6 Å². The summed E-state index contributed by atoms with van der Waals surface area (Å²) in [5.41, 5.74) is -1.22. The maximum atomic E-state index is 13.5. The summed E-state index contributed by atoms with van der Waals surface area (Å²) in [4.78, 5) is 8.12. The molecule has 0 atom stereocenters. The maximum absolute atomic E-state index is 13.5. The van der Waals surface area contributed by atoms with E-state index >= 15 is 0 Å². The highest BCUT2D eigenvalue weighted by Gasteiger charge is 2.33. The third-order valence-electron chi connectivity index (χ3n) is 4.57. The second-order valence-electron chi connectivity index (χ2n) is 6.90. The SMILES string of the molecule is CS(=O)(=O)c1cc(Cl)c(Oc2ccccc2)c(-c2ncc3cccc(C(F)(F)F)c3n2)c1. The van der Waals surface area contributed by atoms with Crippen LogP contribution in [0.5, 0.6) is 11.5 Å². The zero-order valence-corrected chi connectivity index (χ0v) is 18.0. The average Bonchev–Trinajstić information content (AvgIpc) is 2.73. The molecule has 0 bridgehead atoms. The molecule has 1 heterocycles. The van der Waals surface area contributed by atoms with Crippen LogP contribution in [0.4, 0.5) is 13.2 Å². The van der Waals surface area contributed by atoms with Gasteiger partial charge in [-0.1, -0.05) is 41.9 Å². The Kier molecular flexibility index (Phi) is 5.56. The van der Waals surface area contributed by atoms with Crippen LogP contribution in [-0.4, -0.2) is 24.6 Å². The van der Waals surface area contributed by atoms with E-state index in [2.05, 4.69) is 9.97 Å². The molecule has 0 saturated carbocycles. The predicted octanol–water partition coefficient (Wildman–Crippen LogP) is 6.16. The Hall–Kier alpha value is -3.17. The Morgan fingerprint density at radius 3 is 2.38 bits per heavy atom. The quantitative estimate of drug-likeness (QED) is 0.351. The monoisotopic (exact) mass is 478 g/mol. The van der Waals surface area contributed by atoms with Gasteiger partial charge < -0.3 is 4.74 Å². The largest absolute Gasteiger partial charge is 0.455 e. The molecule has 32 heavy (non-hydrogen) atoms. The number of para-hydroxylation sites is 2. The van der Waals surface area contributed by atoms with Crippen molar-refractivity contribution in [2.24, 2.45) is 0 Å². The minimum atomic E-state index is -4.64. The van der Waals surface area contributed by atoms with Crippen LogP contribution in [0.25, 0.3) is 22.3 Å². The topological polar surface area (TPSA) is 69.2 Å². The molecule has 4 rings (SSSR count). The summed E-state index contributed by atoms with van der Waals surface area (Å²) in [5, 5.41) is 0.124. The molecule has 0 unspecified atom stereocenters. The highest BCUT2D eigenvalue weighted by Crippen LogP contribution is 2.41. The van der Waals surface area contributed by atoms with Gasteiger partial charge in [-0.2, -0.15) is 13.2 Å². The van der Waals surface area contributed by atoms with Crippen molar-refractivity contribution in [3.63, 3.8) is 0 Å². The first-order valence-corrected chi connectivity index (χ1v) is 11.4. The highest BCUT2D eigenvalue weighted by molar-refractivity contribution is 7.90. The standard InChI is InChI=1S/C22H14ClF3N2O3S/c1-32(29,30)15-10-16(20(18(23)11-15)31-14-7-3-2-4-8-14)21-27-12-13-6-5-9-17(19(13)28-21)22(24,25)26/h2-12H,1H3. The summed E-state index contributed by atoms with van der Waals surface area (Å²) in [6, 6.07) is 14.6. The third-order valence-corrected chi connectivity index (χ3v) is 5.94. The van der Waals surface area contributed by atoms with Gasteiger partial charge in [0, 0.05) is 17.8 Å². The minimum absolute atomic E-state index is 0.0223.